The third-order valence-corrected chi connectivity index (χ3v) is 5.89. The topological polar surface area (TPSA) is 59.9 Å². The Balaban J connectivity index is 0.00000280. The van der Waals surface area contributed by atoms with Gasteiger partial charge in [-0.1, -0.05) is 25.0 Å². The second-order valence-electron chi connectivity index (χ2n) is 7.92. The molecule has 1 saturated heterocycles. The number of likely N-dealkylation sites (tertiary alicyclic amines) is 1. The molecule has 1 aromatic rings. The minimum absolute atomic E-state index is 0. The number of hydrogen-bond donors (Lipinski definition) is 3. The highest BCUT2D eigenvalue weighted by atomic mass is 127. The maximum absolute atomic E-state index is 9.35. The van der Waals surface area contributed by atoms with Gasteiger partial charge in [0.2, 0.25) is 0 Å². The number of aliphatic imine (C=N–C) groups is 1. The van der Waals surface area contributed by atoms with Crippen LogP contribution in [0.2, 0.25) is 0 Å². The van der Waals surface area contributed by atoms with Crippen LogP contribution in [0.5, 0.6) is 5.75 Å². The highest BCUT2D eigenvalue weighted by Crippen LogP contribution is 2.26. The van der Waals surface area contributed by atoms with Crippen LogP contribution in [-0.2, 0) is 6.42 Å². The number of phenols is 1. The maximum atomic E-state index is 9.35. The molecule has 1 aliphatic carbocycles. The van der Waals surface area contributed by atoms with Crippen LogP contribution < -0.4 is 10.6 Å². The summed E-state index contributed by atoms with van der Waals surface area (Å²) in [7, 11) is 0. The van der Waals surface area contributed by atoms with E-state index in [2.05, 4.69) is 22.5 Å². The van der Waals surface area contributed by atoms with Gasteiger partial charge in [-0.25, -0.2) is 0 Å². The van der Waals surface area contributed by atoms with Gasteiger partial charge in [-0.15, -0.1) is 24.0 Å². The minimum Gasteiger partial charge on any atom is -0.508 e. The Kier molecular flexibility index (Phi) is 10.4. The summed E-state index contributed by atoms with van der Waals surface area (Å²) in [5, 5.41) is 16.4. The Bertz CT molecular complexity index is 579. The van der Waals surface area contributed by atoms with E-state index in [0.29, 0.717) is 11.8 Å². The van der Waals surface area contributed by atoms with Crippen LogP contribution in [0.25, 0.3) is 0 Å². The molecule has 0 aromatic heterocycles. The number of benzene rings is 1. The summed E-state index contributed by atoms with van der Waals surface area (Å²) in [4.78, 5) is 7.48. The molecule has 1 saturated carbocycles. The Morgan fingerprint density at radius 1 is 1.11 bits per heavy atom. The predicted molar refractivity (Wildman–Crippen MR) is 128 cm³/mol. The Morgan fingerprint density at radius 3 is 2.43 bits per heavy atom. The standard InChI is InChI=1S/C22H36N4O.HI/c1-2-23-22(24-15-5-6-18-9-11-21(27)12-10-18)25-19-13-16-26(17-14-19)20-7-3-4-8-20;/h9-12,19-20,27H,2-8,13-17H2,1H3,(H2,23,24,25);1H. The summed E-state index contributed by atoms with van der Waals surface area (Å²) in [5.74, 6) is 1.29. The SMILES string of the molecule is CCNC(=NCCCc1ccc(O)cc1)NC1CCN(C2CCCC2)CC1.I. The zero-order valence-electron chi connectivity index (χ0n) is 17.2. The molecule has 5 nitrogen and oxygen atoms in total. The van der Waals surface area contributed by atoms with Gasteiger partial charge < -0.3 is 20.6 Å². The molecule has 0 unspecified atom stereocenters. The van der Waals surface area contributed by atoms with E-state index in [-0.39, 0.29) is 24.0 Å². The first-order valence-electron chi connectivity index (χ1n) is 10.8. The number of piperidine rings is 1. The molecule has 0 atom stereocenters. The number of halogens is 1. The molecule has 3 N–H and O–H groups in total. The Hall–Kier alpha value is -1.02. The summed E-state index contributed by atoms with van der Waals surface area (Å²) < 4.78 is 0. The number of aryl methyl sites for hydroxylation is 1. The van der Waals surface area contributed by atoms with E-state index in [9.17, 15) is 5.11 Å². The molecule has 3 rings (SSSR count). The number of rotatable bonds is 7. The first kappa shape index (κ1) is 23.3. The van der Waals surface area contributed by atoms with E-state index in [0.717, 1.165) is 37.9 Å². The number of phenolic OH excluding ortho intramolecular Hbond substituents is 1. The van der Waals surface area contributed by atoms with Gasteiger partial charge in [0.25, 0.3) is 0 Å². The fourth-order valence-corrected chi connectivity index (χ4v) is 4.33. The van der Waals surface area contributed by atoms with Crippen LogP contribution in [0.4, 0.5) is 0 Å². The molecule has 1 aromatic carbocycles. The quantitative estimate of drug-likeness (QED) is 0.230. The molecular weight excluding hydrogens is 463 g/mol. The summed E-state index contributed by atoms with van der Waals surface area (Å²) in [6.45, 7) is 6.28. The van der Waals surface area contributed by atoms with Crippen LogP contribution in [0.15, 0.2) is 29.3 Å². The van der Waals surface area contributed by atoms with Crippen molar-refractivity contribution in [2.75, 3.05) is 26.2 Å². The van der Waals surface area contributed by atoms with Crippen molar-refractivity contribution in [1.29, 1.82) is 0 Å². The Morgan fingerprint density at radius 2 is 1.79 bits per heavy atom. The van der Waals surface area contributed by atoms with Gasteiger partial charge in [-0.2, -0.15) is 0 Å². The second-order valence-corrected chi connectivity index (χ2v) is 7.92. The van der Waals surface area contributed by atoms with Crippen LogP contribution in [0, 0.1) is 0 Å². The van der Waals surface area contributed by atoms with Gasteiger partial charge in [0.15, 0.2) is 5.96 Å². The average Bonchev–Trinajstić information content (AvgIpc) is 3.22. The largest absolute Gasteiger partial charge is 0.508 e. The molecule has 0 radical (unpaired) electrons. The van der Waals surface area contributed by atoms with E-state index in [1.165, 1.54) is 57.2 Å². The lowest BCUT2D eigenvalue weighted by atomic mass is 10.0. The van der Waals surface area contributed by atoms with Crippen LogP contribution in [-0.4, -0.2) is 54.2 Å². The predicted octanol–water partition coefficient (Wildman–Crippen LogP) is 3.90. The van der Waals surface area contributed by atoms with Crippen LogP contribution >= 0.6 is 24.0 Å². The van der Waals surface area contributed by atoms with Crippen molar-refractivity contribution in [3.63, 3.8) is 0 Å². The van der Waals surface area contributed by atoms with Crippen molar-refractivity contribution in [2.24, 2.45) is 4.99 Å². The van der Waals surface area contributed by atoms with Gasteiger partial charge in [0.05, 0.1) is 0 Å². The molecular formula is C22H37IN4O. The van der Waals surface area contributed by atoms with Gasteiger partial charge in [-0.05, 0) is 63.1 Å². The lowest BCUT2D eigenvalue weighted by Gasteiger charge is -2.36. The van der Waals surface area contributed by atoms with Crippen molar-refractivity contribution in [1.82, 2.24) is 15.5 Å². The van der Waals surface area contributed by atoms with Gasteiger partial charge in [-0.3, -0.25) is 4.99 Å². The summed E-state index contributed by atoms with van der Waals surface area (Å²) in [5.41, 5.74) is 1.25. The van der Waals surface area contributed by atoms with E-state index < -0.39 is 0 Å². The van der Waals surface area contributed by atoms with Gasteiger partial charge >= 0.3 is 0 Å². The van der Waals surface area contributed by atoms with Crippen molar-refractivity contribution in [2.45, 2.75) is 70.4 Å². The van der Waals surface area contributed by atoms with Crippen molar-refractivity contribution < 1.29 is 5.11 Å². The lowest BCUT2D eigenvalue weighted by molar-refractivity contribution is 0.150. The second kappa shape index (κ2) is 12.5. The Labute approximate surface area is 187 Å². The monoisotopic (exact) mass is 500 g/mol. The molecule has 2 aliphatic rings. The normalized spacial score (nSPS) is 19.4. The van der Waals surface area contributed by atoms with Crippen molar-refractivity contribution in [3.8, 4) is 5.75 Å². The molecule has 0 bridgehead atoms. The highest BCUT2D eigenvalue weighted by molar-refractivity contribution is 14.0. The third kappa shape index (κ3) is 7.43. The summed E-state index contributed by atoms with van der Waals surface area (Å²) in [6, 6.07) is 8.87. The van der Waals surface area contributed by atoms with Gasteiger partial charge in [0.1, 0.15) is 5.75 Å². The zero-order chi connectivity index (χ0) is 18.9. The fraction of sp³-hybridized carbons (Fsp3) is 0.682. The van der Waals surface area contributed by atoms with E-state index in [1.807, 2.05) is 12.1 Å². The number of nitrogens with zero attached hydrogens (tertiary/aromatic N) is 2. The summed E-state index contributed by atoms with van der Waals surface area (Å²) in [6.07, 6.45) is 10.1. The maximum Gasteiger partial charge on any atom is 0.191 e. The third-order valence-electron chi connectivity index (χ3n) is 5.89. The molecule has 6 heteroatoms. The van der Waals surface area contributed by atoms with E-state index in [4.69, 9.17) is 4.99 Å². The first-order chi connectivity index (χ1) is 13.2. The van der Waals surface area contributed by atoms with E-state index >= 15 is 0 Å². The van der Waals surface area contributed by atoms with Crippen molar-refractivity contribution >= 4 is 29.9 Å². The van der Waals surface area contributed by atoms with Crippen LogP contribution in [0.1, 0.15) is 57.4 Å². The smallest absolute Gasteiger partial charge is 0.191 e. The fourth-order valence-electron chi connectivity index (χ4n) is 4.33. The first-order valence-corrected chi connectivity index (χ1v) is 10.8. The highest BCUT2D eigenvalue weighted by Gasteiger charge is 2.27. The number of aromatic hydroxyl groups is 1. The number of guanidine groups is 1. The van der Waals surface area contributed by atoms with Crippen molar-refractivity contribution in [3.05, 3.63) is 29.8 Å². The molecule has 28 heavy (non-hydrogen) atoms. The lowest BCUT2D eigenvalue weighted by Crippen LogP contribution is -2.50. The molecule has 1 aliphatic heterocycles. The molecule has 2 fully saturated rings. The molecule has 158 valence electrons. The average molecular weight is 500 g/mol. The number of hydrogen-bond acceptors (Lipinski definition) is 3. The molecule has 0 spiro atoms. The van der Waals surface area contributed by atoms with E-state index in [1.54, 1.807) is 12.1 Å². The van der Waals surface area contributed by atoms with Crippen LogP contribution in [0.3, 0.4) is 0 Å². The minimum atomic E-state index is 0. The molecule has 0 amide bonds. The number of nitrogens with one attached hydrogen (secondary N) is 2. The summed E-state index contributed by atoms with van der Waals surface area (Å²) >= 11 is 0. The zero-order valence-corrected chi connectivity index (χ0v) is 19.5. The van der Waals surface area contributed by atoms with Gasteiger partial charge in [0, 0.05) is 38.3 Å². The molecule has 1 heterocycles.